The van der Waals surface area contributed by atoms with Crippen molar-refractivity contribution in [1.29, 1.82) is 5.41 Å². The Morgan fingerprint density at radius 2 is 1.88 bits per heavy atom. The Morgan fingerprint density at radius 1 is 1.21 bits per heavy atom. The number of allylic oxidation sites excluding steroid dienone is 2. The molecule has 3 heterocycles. The molecule has 1 spiro atoms. The van der Waals surface area contributed by atoms with Crippen LogP contribution < -0.4 is 15.0 Å². The monoisotopic (exact) mass is 620 g/mol. The fraction of sp³-hybridized carbons (Fsp3) is 0.517. The second kappa shape index (κ2) is 13.0. The van der Waals surface area contributed by atoms with Gasteiger partial charge in [-0.1, -0.05) is 23.2 Å². The number of piperidine rings is 1. The van der Waals surface area contributed by atoms with Crippen molar-refractivity contribution in [2.45, 2.75) is 39.7 Å². The number of aliphatic hydroxyl groups is 2. The van der Waals surface area contributed by atoms with Crippen molar-refractivity contribution >= 4 is 46.4 Å². The van der Waals surface area contributed by atoms with Crippen molar-refractivity contribution in [1.82, 2.24) is 20.2 Å². The molecule has 228 valence electrons. The van der Waals surface area contributed by atoms with Gasteiger partial charge in [-0.25, -0.2) is 14.8 Å². The lowest BCUT2D eigenvalue weighted by molar-refractivity contribution is 0.0621. The van der Waals surface area contributed by atoms with Crippen molar-refractivity contribution < 1.29 is 24.5 Å². The summed E-state index contributed by atoms with van der Waals surface area (Å²) in [5.74, 6) is 1.16. The fourth-order valence-electron chi connectivity index (χ4n) is 5.64. The quantitative estimate of drug-likeness (QED) is 0.231. The smallest absolute Gasteiger partial charge is 0.409 e. The highest BCUT2D eigenvalue weighted by atomic mass is 35.5. The molecule has 4 rings (SSSR count). The molecule has 1 amide bonds. The van der Waals surface area contributed by atoms with E-state index in [1.165, 1.54) is 14.0 Å². The van der Waals surface area contributed by atoms with E-state index in [4.69, 9.17) is 48.1 Å². The number of carbonyl (C=O) groups excluding carboxylic acids is 1. The van der Waals surface area contributed by atoms with Crippen LogP contribution in [0.3, 0.4) is 0 Å². The third-order valence-corrected chi connectivity index (χ3v) is 8.54. The standard InChI is InChI=1S/C29H38Cl2N6O5/c1-16-25(22(17(2)32)18(3)38)34-26(23-20(30)6-7-21(24(23)31)42-13-19(39)12-33-4)35-27(16)37-14-29(15-37)8-10-36(11-9-29)28(40)41-5/h6-7,19,32-33,38-39H,8-15H2,1-5H3/b22-18+,32-17?/t19-/m1/s1. The van der Waals surface area contributed by atoms with Crippen molar-refractivity contribution in [3.63, 3.8) is 0 Å². The lowest BCUT2D eigenvalue weighted by Crippen LogP contribution is -2.61. The Bertz CT molecular complexity index is 1380. The van der Waals surface area contributed by atoms with Gasteiger partial charge in [-0.05, 0) is 52.8 Å². The van der Waals surface area contributed by atoms with Crippen LogP contribution in [0.5, 0.6) is 5.75 Å². The van der Waals surface area contributed by atoms with Crippen LogP contribution in [0, 0.1) is 17.7 Å². The second-order valence-corrected chi connectivity index (χ2v) is 11.8. The number of ether oxygens (including phenoxy) is 2. The van der Waals surface area contributed by atoms with E-state index in [0.717, 1.165) is 25.9 Å². The zero-order chi connectivity index (χ0) is 30.8. The maximum atomic E-state index is 12.0. The van der Waals surface area contributed by atoms with Crippen LogP contribution in [0.15, 0.2) is 17.9 Å². The summed E-state index contributed by atoms with van der Waals surface area (Å²) in [6, 6.07) is 3.26. The van der Waals surface area contributed by atoms with E-state index in [0.29, 0.717) is 58.6 Å². The fourth-order valence-corrected chi connectivity index (χ4v) is 6.23. The van der Waals surface area contributed by atoms with Crippen LogP contribution >= 0.6 is 23.2 Å². The molecule has 0 bridgehead atoms. The van der Waals surface area contributed by atoms with Gasteiger partial charge in [0.2, 0.25) is 0 Å². The first kappa shape index (κ1) is 31.8. The summed E-state index contributed by atoms with van der Waals surface area (Å²) in [6.45, 7) is 8.07. The van der Waals surface area contributed by atoms with E-state index in [2.05, 4.69) is 10.2 Å². The molecule has 2 saturated heterocycles. The van der Waals surface area contributed by atoms with Crippen molar-refractivity contribution in [3.8, 4) is 17.1 Å². The van der Waals surface area contributed by atoms with Gasteiger partial charge in [0.05, 0.1) is 34.0 Å². The Morgan fingerprint density at radius 3 is 2.45 bits per heavy atom. The molecular formula is C29H38Cl2N6O5. The molecule has 11 nitrogen and oxygen atoms in total. The number of likely N-dealkylation sites (tertiary alicyclic amines) is 1. The topological polar surface area (TPSA) is 144 Å². The van der Waals surface area contributed by atoms with Crippen LogP contribution in [-0.4, -0.2) is 96.5 Å². The predicted octanol–water partition coefficient (Wildman–Crippen LogP) is 4.72. The lowest BCUT2D eigenvalue weighted by Gasteiger charge is -2.54. The molecule has 4 N–H and O–H groups in total. The minimum absolute atomic E-state index is 0.0136. The Balaban J connectivity index is 1.73. The molecule has 42 heavy (non-hydrogen) atoms. The number of hydrogen-bond donors (Lipinski definition) is 4. The summed E-state index contributed by atoms with van der Waals surface area (Å²) in [6.07, 6.45) is 0.644. The lowest BCUT2D eigenvalue weighted by atomic mass is 9.72. The molecule has 1 aromatic carbocycles. The number of amides is 1. The first-order valence-corrected chi connectivity index (χ1v) is 14.5. The molecule has 0 saturated carbocycles. The van der Waals surface area contributed by atoms with Crippen LogP contribution in [0.4, 0.5) is 10.6 Å². The average Bonchev–Trinajstić information content (AvgIpc) is 2.92. The highest BCUT2D eigenvalue weighted by Gasteiger charge is 2.47. The molecule has 2 fully saturated rings. The summed E-state index contributed by atoms with van der Waals surface area (Å²) in [5, 5.41) is 32.4. The number of methoxy groups -OCH3 is 1. The molecule has 0 aliphatic carbocycles. The van der Waals surface area contributed by atoms with Gasteiger partial charge in [0.15, 0.2) is 5.82 Å². The molecular weight excluding hydrogens is 583 g/mol. The normalized spacial score (nSPS) is 17.4. The van der Waals surface area contributed by atoms with E-state index in [1.54, 1.807) is 31.0 Å². The van der Waals surface area contributed by atoms with E-state index in [1.807, 2.05) is 6.92 Å². The number of nitrogens with one attached hydrogen (secondary N) is 2. The minimum Gasteiger partial charge on any atom is -0.512 e. The summed E-state index contributed by atoms with van der Waals surface area (Å²) in [5.41, 5.74) is 1.96. The van der Waals surface area contributed by atoms with Gasteiger partial charge in [-0.2, -0.15) is 0 Å². The summed E-state index contributed by atoms with van der Waals surface area (Å²) in [7, 11) is 3.13. The number of rotatable bonds is 9. The molecule has 0 radical (unpaired) electrons. The largest absolute Gasteiger partial charge is 0.512 e. The molecule has 1 atom stereocenters. The van der Waals surface area contributed by atoms with Gasteiger partial charge in [0.25, 0.3) is 0 Å². The highest BCUT2D eigenvalue weighted by molar-refractivity contribution is 6.40. The van der Waals surface area contributed by atoms with Gasteiger partial charge >= 0.3 is 6.09 Å². The zero-order valence-electron chi connectivity index (χ0n) is 24.6. The Hall–Kier alpha value is -3.12. The third kappa shape index (κ3) is 6.44. The van der Waals surface area contributed by atoms with Gasteiger partial charge in [0, 0.05) is 49.4 Å². The molecule has 2 aliphatic heterocycles. The zero-order valence-corrected chi connectivity index (χ0v) is 26.1. The number of anilines is 1. The van der Waals surface area contributed by atoms with E-state index < -0.39 is 6.10 Å². The molecule has 2 aromatic rings. The summed E-state index contributed by atoms with van der Waals surface area (Å²) >= 11 is 13.5. The predicted molar refractivity (Wildman–Crippen MR) is 164 cm³/mol. The van der Waals surface area contributed by atoms with Gasteiger partial charge < -0.3 is 40.2 Å². The van der Waals surface area contributed by atoms with E-state index in [9.17, 15) is 15.0 Å². The van der Waals surface area contributed by atoms with Gasteiger partial charge in [-0.3, -0.25) is 0 Å². The summed E-state index contributed by atoms with van der Waals surface area (Å²) in [4.78, 5) is 25.5. The molecule has 13 heteroatoms. The number of likely N-dealkylation sites (N-methyl/N-ethyl adjacent to an activating group) is 1. The van der Waals surface area contributed by atoms with Gasteiger partial charge in [-0.15, -0.1) is 0 Å². The molecule has 2 aliphatic rings. The van der Waals surface area contributed by atoms with Crippen LogP contribution in [0.1, 0.15) is 37.9 Å². The number of aliphatic hydroxyl groups excluding tert-OH is 2. The average molecular weight is 622 g/mol. The van der Waals surface area contributed by atoms with E-state index >= 15 is 0 Å². The minimum atomic E-state index is -0.743. The maximum Gasteiger partial charge on any atom is 0.409 e. The number of hydrogen-bond acceptors (Lipinski definition) is 10. The molecule has 1 aromatic heterocycles. The maximum absolute atomic E-state index is 12.0. The molecule has 0 unspecified atom stereocenters. The van der Waals surface area contributed by atoms with Crippen LogP contribution in [0.25, 0.3) is 17.0 Å². The summed E-state index contributed by atoms with van der Waals surface area (Å²) < 4.78 is 10.7. The van der Waals surface area contributed by atoms with Crippen molar-refractivity contribution in [2.24, 2.45) is 5.41 Å². The Labute approximate surface area is 255 Å². The van der Waals surface area contributed by atoms with Crippen LogP contribution in [0.2, 0.25) is 10.0 Å². The van der Waals surface area contributed by atoms with Gasteiger partial charge in [0.1, 0.15) is 30.0 Å². The Kier molecular flexibility index (Phi) is 9.87. The van der Waals surface area contributed by atoms with Crippen molar-refractivity contribution in [3.05, 3.63) is 39.2 Å². The SMILES string of the molecule is CNC[C@@H](O)COc1ccc(Cl)c(-c2nc(/C(C(C)=N)=C(\C)O)c(C)c(N3CC4(CCN(C(=O)OC)CC4)C3)n2)c1Cl. The number of carbonyl (C=O) groups is 1. The number of nitrogens with zero attached hydrogens (tertiary/aromatic N) is 4. The second-order valence-electron chi connectivity index (χ2n) is 11.0. The first-order chi connectivity index (χ1) is 19.9. The van der Waals surface area contributed by atoms with Crippen LogP contribution in [-0.2, 0) is 4.74 Å². The number of aromatic nitrogens is 2. The third-order valence-electron chi connectivity index (χ3n) is 7.85. The van der Waals surface area contributed by atoms with Crippen molar-refractivity contribution in [2.75, 3.05) is 58.4 Å². The number of halogens is 2. The number of benzene rings is 1. The highest BCUT2D eigenvalue weighted by Crippen LogP contribution is 2.45. The van der Waals surface area contributed by atoms with E-state index in [-0.39, 0.29) is 40.4 Å². The first-order valence-electron chi connectivity index (χ1n) is 13.8.